The topological polar surface area (TPSA) is 101 Å². The van der Waals surface area contributed by atoms with Gasteiger partial charge in [-0.3, -0.25) is 20.1 Å². The molecule has 152 valence electrons. The number of aromatic hydroxyl groups is 1. The Morgan fingerprint density at radius 2 is 2.21 bits per heavy atom. The number of hydrogen-bond acceptors (Lipinski definition) is 8. The third-order valence-electron chi connectivity index (χ3n) is 5.24. The van der Waals surface area contributed by atoms with Gasteiger partial charge in [0.2, 0.25) is 5.75 Å². The smallest absolute Gasteiger partial charge is 0.315 e. The number of aliphatic imine (C=N–C) groups is 1. The molecule has 1 aromatic heterocycles. The van der Waals surface area contributed by atoms with E-state index in [1.54, 1.807) is 30.9 Å². The van der Waals surface area contributed by atoms with Crippen molar-refractivity contribution in [2.75, 3.05) is 12.4 Å². The van der Waals surface area contributed by atoms with Crippen molar-refractivity contribution in [1.29, 1.82) is 0 Å². The first-order valence-electron chi connectivity index (χ1n) is 9.59. The molecule has 1 N–H and O–H groups in total. The number of ether oxygens (including phenoxy) is 1. The predicted molar refractivity (Wildman–Crippen MR) is 111 cm³/mol. The number of phenolic OH excluding ortho intramolecular Hbond substituents is 1. The molecule has 0 bridgehead atoms. The third kappa shape index (κ3) is 3.39. The second kappa shape index (κ2) is 7.90. The summed E-state index contributed by atoms with van der Waals surface area (Å²) in [5.41, 5.74) is 1.14. The molecule has 2 aliphatic rings. The van der Waals surface area contributed by atoms with E-state index in [4.69, 9.17) is 9.73 Å². The maximum atomic E-state index is 11.6. The minimum Gasteiger partial charge on any atom is -0.500 e. The van der Waals surface area contributed by atoms with Gasteiger partial charge in [0.15, 0.2) is 10.9 Å². The Morgan fingerprint density at radius 3 is 2.86 bits per heavy atom. The first kappa shape index (κ1) is 19.5. The van der Waals surface area contributed by atoms with Gasteiger partial charge in [0, 0.05) is 24.1 Å². The fourth-order valence-corrected chi connectivity index (χ4v) is 5.24. The normalized spacial score (nSPS) is 23.0. The quantitative estimate of drug-likeness (QED) is 0.561. The molecule has 3 heterocycles. The average molecular weight is 414 g/mol. The van der Waals surface area contributed by atoms with Crippen LogP contribution in [0.15, 0.2) is 41.5 Å². The Balaban J connectivity index is 1.86. The SMILES string of the molecule is CCOc1cc([C@@H]2[C@H](c3ccccn3)N=C3SC[C@H](CC)N32)cc([N+](=O)[O-])c1O. The molecule has 0 spiro atoms. The molecule has 2 aliphatic heterocycles. The summed E-state index contributed by atoms with van der Waals surface area (Å²) in [4.78, 5) is 22.7. The fraction of sp³-hybridized carbons (Fsp3) is 0.400. The fourth-order valence-electron chi connectivity index (χ4n) is 3.90. The molecule has 2 aromatic rings. The maximum absolute atomic E-state index is 11.6. The summed E-state index contributed by atoms with van der Waals surface area (Å²) in [5, 5.41) is 22.8. The lowest BCUT2D eigenvalue weighted by molar-refractivity contribution is -0.386. The van der Waals surface area contributed by atoms with Crippen LogP contribution in [-0.2, 0) is 0 Å². The summed E-state index contributed by atoms with van der Waals surface area (Å²) in [5.74, 6) is 0.598. The van der Waals surface area contributed by atoms with E-state index in [-0.39, 0.29) is 29.6 Å². The van der Waals surface area contributed by atoms with E-state index >= 15 is 0 Å². The summed E-state index contributed by atoms with van der Waals surface area (Å²) in [6, 6.07) is 8.56. The van der Waals surface area contributed by atoms with Gasteiger partial charge >= 0.3 is 5.69 Å². The van der Waals surface area contributed by atoms with Gasteiger partial charge in [0.1, 0.15) is 6.04 Å². The summed E-state index contributed by atoms with van der Waals surface area (Å²) < 4.78 is 5.50. The average Bonchev–Trinajstić information content (AvgIpc) is 3.29. The summed E-state index contributed by atoms with van der Waals surface area (Å²) >= 11 is 1.70. The van der Waals surface area contributed by atoms with Crippen molar-refractivity contribution in [3.05, 3.63) is 57.9 Å². The van der Waals surface area contributed by atoms with Crippen LogP contribution in [0.25, 0.3) is 0 Å². The predicted octanol–water partition coefficient (Wildman–Crippen LogP) is 4.07. The van der Waals surface area contributed by atoms with Gasteiger partial charge in [-0.25, -0.2) is 0 Å². The third-order valence-corrected chi connectivity index (χ3v) is 6.37. The number of thioether (sulfide) groups is 1. The van der Waals surface area contributed by atoms with Crippen molar-refractivity contribution < 1.29 is 14.8 Å². The zero-order valence-corrected chi connectivity index (χ0v) is 17.0. The number of nitro benzene ring substituents is 1. The Hall–Kier alpha value is -2.81. The van der Waals surface area contributed by atoms with Gasteiger partial charge in [-0.15, -0.1) is 0 Å². The molecular weight excluding hydrogens is 392 g/mol. The van der Waals surface area contributed by atoms with Crippen LogP contribution in [0.4, 0.5) is 5.69 Å². The molecular formula is C20H22N4O4S. The van der Waals surface area contributed by atoms with Crippen LogP contribution in [-0.4, -0.2) is 43.5 Å². The van der Waals surface area contributed by atoms with Gasteiger partial charge in [-0.05, 0) is 37.1 Å². The molecule has 1 saturated heterocycles. The van der Waals surface area contributed by atoms with Crippen molar-refractivity contribution in [3.8, 4) is 11.5 Å². The molecule has 0 amide bonds. The minimum atomic E-state index is -0.579. The van der Waals surface area contributed by atoms with E-state index in [9.17, 15) is 15.2 Å². The molecule has 1 aromatic carbocycles. The number of phenols is 1. The minimum absolute atomic E-state index is 0.116. The van der Waals surface area contributed by atoms with Crippen LogP contribution in [0.1, 0.15) is 43.6 Å². The number of nitrogens with zero attached hydrogens (tertiary/aromatic N) is 4. The van der Waals surface area contributed by atoms with Crippen LogP contribution < -0.4 is 4.74 Å². The zero-order valence-electron chi connectivity index (χ0n) is 16.2. The number of pyridine rings is 1. The van der Waals surface area contributed by atoms with Crippen LogP contribution in [0.2, 0.25) is 0 Å². The molecule has 0 unspecified atom stereocenters. The molecule has 0 aliphatic carbocycles. The molecule has 4 rings (SSSR count). The lowest BCUT2D eigenvalue weighted by Gasteiger charge is -2.32. The highest BCUT2D eigenvalue weighted by Gasteiger charge is 2.46. The van der Waals surface area contributed by atoms with Gasteiger partial charge in [-0.2, -0.15) is 0 Å². The maximum Gasteiger partial charge on any atom is 0.315 e. The lowest BCUT2D eigenvalue weighted by atomic mass is 9.94. The summed E-state index contributed by atoms with van der Waals surface area (Å²) in [6.45, 7) is 4.20. The largest absolute Gasteiger partial charge is 0.500 e. The van der Waals surface area contributed by atoms with Crippen molar-refractivity contribution in [1.82, 2.24) is 9.88 Å². The van der Waals surface area contributed by atoms with E-state index in [2.05, 4.69) is 16.8 Å². The molecule has 8 nitrogen and oxygen atoms in total. The van der Waals surface area contributed by atoms with Gasteiger partial charge < -0.3 is 14.7 Å². The van der Waals surface area contributed by atoms with Crippen molar-refractivity contribution in [3.63, 3.8) is 0 Å². The second-order valence-corrected chi connectivity index (χ2v) is 7.90. The van der Waals surface area contributed by atoms with E-state index in [0.717, 1.165) is 23.0 Å². The van der Waals surface area contributed by atoms with Crippen molar-refractivity contribution in [2.24, 2.45) is 4.99 Å². The molecule has 0 radical (unpaired) electrons. The highest BCUT2D eigenvalue weighted by atomic mass is 32.2. The number of rotatable bonds is 6. The molecule has 9 heteroatoms. The first-order chi connectivity index (χ1) is 14.0. The van der Waals surface area contributed by atoms with Crippen molar-refractivity contribution >= 4 is 22.6 Å². The van der Waals surface area contributed by atoms with Crippen molar-refractivity contribution in [2.45, 2.75) is 38.4 Å². The molecule has 3 atom stereocenters. The summed E-state index contributed by atoms with van der Waals surface area (Å²) in [6.07, 6.45) is 2.67. The second-order valence-electron chi connectivity index (χ2n) is 6.91. The van der Waals surface area contributed by atoms with E-state index in [0.29, 0.717) is 12.2 Å². The number of amidine groups is 1. The van der Waals surface area contributed by atoms with Crippen LogP contribution in [0.5, 0.6) is 11.5 Å². The lowest BCUT2D eigenvalue weighted by Crippen LogP contribution is -2.35. The summed E-state index contributed by atoms with van der Waals surface area (Å²) in [7, 11) is 0. The zero-order chi connectivity index (χ0) is 20.5. The number of nitro groups is 1. The Morgan fingerprint density at radius 1 is 1.38 bits per heavy atom. The van der Waals surface area contributed by atoms with E-state index in [1.807, 2.05) is 18.2 Å². The van der Waals surface area contributed by atoms with E-state index in [1.165, 1.54) is 6.07 Å². The molecule has 0 saturated carbocycles. The molecule has 1 fully saturated rings. The number of benzene rings is 1. The highest BCUT2D eigenvalue weighted by molar-refractivity contribution is 8.14. The van der Waals surface area contributed by atoms with Crippen LogP contribution in [0, 0.1) is 10.1 Å². The Kier molecular flexibility index (Phi) is 5.31. The van der Waals surface area contributed by atoms with Crippen LogP contribution in [0.3, 0.4) is 0 Å². The first-order valence-corrected chi connectivity index (χ1v) is 10.6. The Labute approximate surface area is 172 Å². The standard InChI is InChI=1S/C20H22N4O4S/c1-3-13-11-29-20-22-17(14-7-5-6-8-21-14)18(23(13)20)12-9-15(24(26)27)19(25)16(10-12)28-4-2/h5-10,13,17-18,25H,3-4,11H2,1-2H3/t13-,17-,18+/m0/s1. The number of hydrogen-bond donors (Lipinski definition) is 1. The van der Waals surface area contributed by atoms with Gasteiger partial charge in [-0.1, -0.05) is 24.8 Å². The van der Waals surface area contributed by atoms with Gasteiger partial charge in [0.05, 0.1) is 23.3 Å². The van der Waals surface area contributed by atoms with Gasteiger partial charge in [0.25, 0.3) is 0 Å². The van der Waals surface area contributed by atoms with E-state index < -0.39 is 10.7 Å². The monoisotopic (exact) mass is 414 g/mol. The van der Waals surface area contributed by atoms with Crippen LogP contribution >= 0.6 is 11.8 Å². The number of fused-ring (bicyclic) bond motifs is 1. The Bertz CT molecular complexity index is 953. The highest BCUT2D eigenvalue weighted by Crippen LogP contribution is 2.50. The molecule has 29 heavy (non-hydrogen) atoms. The number of aromatic nitrogens is 1.